The smallest absolute Gasteiger partial charge is 0.328 e. The van der Waals surface area contributed by atoms with E-state index in [1.165, 1.54) is 22.9 Å². The summed E-state index contributed by atoms with van der Waals surface area (Å²) in [5, 5.41) is 13.4. The fourth-order valence-electron chi connectivity index (χ4n) is 1.85. The maximum atomic E-state index is 13.2. The molecule has 0 spiro atoms. The predicted molar refractivity (Wildman–Crippen MR) is 70.3 cm³/mol. The van der Waals surface area contributed by atoms with Crippen LogP contribution in [0.25, 0.3) is 10.9 Å². The van der Waals surface area contributed by atoms with Crippen LogP contribution in [0.4, 0.5) is 4.39 Å². The average Bonchev–Trinajstić information content (AvgIpc) is 2.64. The molecule has 0 atom stereocenters. The summed E-state index contributed by atoms with van der Waals surface area (Å²) < 4.78 is 19.8. The SMILES string of the molecule is CC(C)(C)OC(=O)Cn1nc(C#N)c2cc(F)ccc21. The zero-order chi connectivity index (χ0) is 14.9. The fraction of sp³-hybridized carbons (Fsp3) is 0.357. The molecule has 0 saturated heterocycles. The molecule has 1 aromatic heterocycles. The minimum Gasteiger partial charge on any atom is -0.459 e. The third-order valence-corrected chi connectivity index (χ3v) is 2.52. The lowest BCUT2D eigenvalue weighted by Crippen LogP contribution is -2.26. The van der Waals surface area contributed by atoms with Crippen molar-refractivity contribution < 1.29 is 13.9 Å². The molecule has 1 heterocycles. The quantitative estimate of drug-likeness (QED) is 0.789. The number of hydrogen-bond acceptors (Lipinski definition) is 4. The number of aromatic nitrogens is 2. The molecule has 0 radical (unpaired) electrons. The molecular weight excluding hydrogens is 261 g/mol. The predicted octanol–water partition coefficient (Wildman–Crippen LogP) is 2.39. The van der Waals surface area contributed by atoms with E-state index in [9.17, 15) is 9.18 Å². The van der Waals surface area contributed by atoms with Gasteiger partial charge in [0.1, 0.15) is 24.0 Å². The number of fused-ring (bicyclic) bond motifs is 1. The highest BCUT2D eigenvalue weighted by atomic mass is 19.1. The molecule has 2 aromatic rings. The number of benzene rings is 1. The maximum Gasteiger partial charge on any atom is 0.328 e. The molecule has 0 aliphatic rings. The number of rotatable bonds is 2. The first-order valence-corrected chi connectivity index (χ1v) is 6.08. The summed E-state index contributed by atoms with van der Waals surface area (Å²) in [6, 6.07) is 5.87. The molecule has 0 saturated carbocycles. The second kappa shape index (κ2) is 4.93. The number of nitriles is 1. The molecule has 0 bridgehead atoms. The topological polar surface area (TPSA) is 67.9 Å². The molecule has 5 nitrogen and oxygen atoms in total. The highest BCUT2D eigenvalue weighted by molar-refractivity contribution is 5.85. The van der Waals surface area contributed by atoms with Crippen LogP contribution in [0.2, 0.25) is 0 Å². The first-order valence-electron chi connectivity index (χ1n) is 6.08. The second-order valence-electron chi connectivity index (χ2n) is 5.37. The molecule has 2 rings (SSSR count). The summed E-state index contributed by atoms with van der Waals surface area (Å²) in [6.45, 7) is 5.17. The third-order valence-electron chi connectivity index (χ3n) is 2.52. The summed E-state index contributed by atoms with van der Waals surface area (Å²) in [6.07, 6.45) is 0. The van der Waals surface area contributed by atoms with Gasteiger partial charge in [-0.15, -0.1) is 0 Å². The van der Waals surface area contributed by atoms with Crippen molar-refractivity contribution in [2.75, 3.05) is 0 Å². The van der Waals surface area contributed by atoms with Crippen molar-refractivity contribution in [2.45, 2.75) is 32.9 Å². The van der Waals surface area contributed by atoms with Crippen molar-refractivity contribution in [3.8, 4) is 6.07 Å². The molecule has 0 amide bonds. The number of carbonyl (C=O) groups is 1. The van der Waals surface area contributed by atoms with Crippen LogP contribution >= 0.6 is 0 Å². The van der Waals surface area contributed by atoms with Crippen LogP contribution in [0.5, 0.6) is 0 Å². The van der Waals surface area contributed by atoms with E-state index in [0.29, 0.717) is 10.9 Å². The van der Waals surface area contributed by atoms with Crippen LogP contribution < -0.4 is 0 Å². The van der Waals surface area contributed by atoms with Gasteiger partial charge in [0.15, 0.2) is 5.69 Å². The number of esters is 1. The lowest BCUT2D eigenvalue weighted by molar-refractivity contribution is -0.155. The van der Waals surface area contributed by atoms with Crippen molar-refractivity contribution in [1.29, 1.82) is 5.26 Å². The molecule has 20 heavy (non-hydrogen) atoms. The molecule has 104 valence electrons. The van der Waals surface area contributed by atoms with Gasteiger partial charge in [-0.05, 0) is 39.0 Å². The van der Waals surface area contributed by atoms with Crippen molar-refractivity contribution in [2.24, 2.45) is 0 Å². The minimum atomic E-state index is -0.593. The Balaban J connectivity index is 2.36. The molecular formula is C14H14FN3O2. The van der Waals surface area contributed by atoms with E-state index in [-0.39, 0.29) is 12.2 Å². The zero-order valence-corrected chi connectivity index (χ0v) is 11.5. The van der Waals surface area contributed by atoms with Gasteiger partial charge in [0.05, 0.1) is 5.52 Å². The monoisotopic (exact) mass is 275 g/mol. The number of hydrogen-bond donors (Lipinski definition) is 0. The van der Waals surface area contributed by atoms with Crippen LogP contribution in [0.15, 0.2) is 18.2 Å². The van der Waals surface area contributed by atoms with Crippen LogP contribution in [0.3, 0.4) is 0 Å². The summed E-state index contributed by atoms with van der Waals surface area (Å²) >= 11 is 0. The zero-order valence-electron chi connectivity index (χ0n) is 11.5. The van der Waals surface area contributed by atoms with Crippen LogP contribution in [-0.2, 0) is 16.1 Å². The number of nitrogens with zero attached hydrogens (tertiary/aromatic N) is 3. The van der Waals surface area contributed by atoms with Crippen molar-refractivity contribution in [1.82, 2.24) is 9.78 Å². The molecule has 0 N–H and O–H groups in total. The summed E-state index contributed by atoms with van der Waals surface area (Å²) in [5.41, 5.74) is 0.0152. The Bertz CT molecular complexity index is 708. The lowest BCUT2D eigenvalue weighted by Gasteiger charge is -2.19. The number of ether oxygens (including phenoxy) is 1. The van der Waals surface area contributed by atoms with Gasteiger partial charge in [0.25, 0.3) is 0 Å². The molecule has 0 unspecified atom stereocenters. The first-order chi connectivity index (χ1) is 9.30. The highest BCUT2D eigenvalue weighted by Gasteiger charge is 2.19. The van der Waals surface area contributed by atoms with Gasteiger partial charge in [-0.1, -0.05) is 0 Å². The van der Waals surface area contributed by atoms with E-state index in [1.807, 2.05) is 6.07 Å². The Morgan fingerprint density at radius 1 is 1.50 bits per heavy atom. The Morgan fingerprint density at radius 3 is 2.80 bits per heavy atom. The largest absolute Gasteiger partial charge is 0.459 e. The second-order valence-corrected chi connectivity index (χ2v) is 5.37. The molecule has 1 aromatic carbocycles. The summed E-state index contributed by atoms with van der Waals surface area (Å²) in [4.78, 5) is 11.8. The van der Waals surface area contributed by atoms with E-state index in [0.717, 1.165) is 0 Å². The average molecular weight is 275 g/mol. The van der Waals surface area contributed by atoms with E-state index in [4.69, 9.17) is 10.00 Å². The van der Waals surface area contributed by atoms with Gasteiger partial charge in [0.2, 0.25) is 0 Å². The summed E-state index contributed by atoms with van der Waals surface area (Å²) in [5.74, 6) is -0.915. The van der Waals surface area contributed by atoms with Gasteiger partial charge in [0, 0.05) is 5.39 Å². The lowest BCUT2D eigenvalue weighted by atomic mass is 10.2. The van der Waals surface area contributed by atoms with Crippen molar-refractivity contribution in [3.63, 3.8) is 0 Å². The van der Waals surface area contributed by atoms with Crippen LogP contribution in [-0.4, -0.2) is 21.4 Å². The highest BCUT2D eigenvalue weighted by Crippen LogP contribution is 2.20. The Morgan fingerprint density at radius 2 is 2.20 bits per heavy atom. The van der Waals surface area contributed by atoms with Crippen LogP contribution in [0, 0.1) is 17.1 Å². The van der Waals surface area contributed by atoms with E-state index < -0.39 is 17.4 Å². The van der Waals surface area contributed by atoms with Gasteiger partial charge >= 0.3 is 5.97 Å². The standard InChI is InChI=1S/C14H14FN3O2/c1-14(2,3)20-13(19)8-18-12-5-4-9(15)6-10(12)11(7-16)17-18/h4-6H,8H2,1-3H3. The van der Waals surface area contributed by atoms with E-state index in [1.54, 1.807) is 20.8 Å². The van der Waals surface area contributed by atoms with Gasteiger partial charge in [-0.25, -0.2) is 4.39 Å². The number of carbonyl (C=O) groups excluding carboxylic acids is 1. The van der Waals surface area contributed by atoms with Gasteiger partial charge in [-0.3, -0.25) is 9.48 Å². The van der Waals surface area contributed by atoms with E-state index >= 15 is 0 Å². The Labute approximate surface area is 115 Å². The first kappa shape index (κ1) is 14.0. The summed E-state index contributed by atoms with van der Waals surface area (Å²) in [7, 11) is 0. The van der Waals surface area contributed by atoms with Crippen LogP contribution in [0.1, 0.15) is 26.5 Å². The maximum absolute atomic E-state index is 13.2. The normalized spacial score (nSPS) is 11.3. The van der Waals surface area contributed by atoms with Crippen molar-refractivity contribution in [3.05, 3.63) is 29.7 Å². The molecule has 0 aliphatic heterocycles. The third kappa shape index (κ3) is 2.94. The molecule has 0 aliphatic carbocycles. The molecule has 0 fully saturated rings. The van der Waals surface area contributed by atoms with E-state index in [2.05, 4.69) is 5.10 Å². The van der Waals surface area contributed by atoms with Gasteiger partial charge in [-0.2, -0.15) is 10.4 Å². The number of halogens is 1. The fourth-order valence-corrected chi connectivity index (χ4v) is 1.85. The molecule has 6 heteroatoms. The van der Waals surface area contributed by atoms with Crippen molar-refractivity contribution >= 4 is 16.9 Å². The Kier molecular flexibility index (Phi) is 3.45. The Hall–Kier alpha value is -2.42. The minimum absolute atomic E-state index is 0.0862. The van der Waals surface area contributed by atoms with Gasteiger partial charge < -0.3 is 4.74 Å².